The first-order valence-corrected chi connectivity index (χ1v) is 11.8. The summed E-state index contributed by atoms with van der Waals surface area (Å²) in [5.41, 5.74) is 4.20. The number of thiophene rings is 1. The maximum Gasteiger partial charge on any atom is 0.0576 e. The Morgan fingerprint density at radius 1 is 0.931 bits per heavy atom. The van der Waals surface area contributed by atoms with Gasteiger partial charge in [-0.1, -0.05) is 67.6 Å². The molecule has 3 heterocycles. The van der Waals surface area contributed by atoms with Gasteiger partial charge in [0.15, 0.2) is 0 Å². The highest BCUT2D eigenvalue weighted by Crippen LogP contribution is 2.45. The van der Waals surface area contributed by atoms with Crippen LogP contribution in [0.5, 0.6) is 0 Å². The molecular weight excluding hydrogens is 372 g/mol. The van der Waals surface area contributed by atoms with E-state index in [1.54, 1.807) is 0 Å². The molecule has 0 bridgehead atoms. The van der Waals surface area contributed by atoms with Crippen LogP contribution in [0.3, 0.4) is 0 Å². The molecule has 2 fully saturated rings. The molecule has 0 radical (unpaired) electrons. The third-order valence-corrected chi connectivity index (χ3v) is 7.54. The molecule has 2 aliphatic rings. The molecule has 1 aromatic heterocycles. The molecule has 0 aliphatic carbocycles. The monoisotopic (exact) mass is 402 g/mol. The number of likely N-dealkylation sites (tertiary alicyclic amines) is 1. The summed E-state index contributed by atoms with van der Waals surface area (Å²) in [7, 11) is 0. The highest BCUT2D eigenvalue weighted by atomic mass is 32.1. The van der Waals surface area contributed by atoms with Crippen molar-refractivity contribution in [2.45, 2.75) is 25.8 Å². The molecule has 29 heavy (non-hydrogen) atoms. The summed E-state index contributed by atoms with van der Waals surface area (Å²) in [6, 6.07) is 24.8. The normalized spacial score (nSPS) is 25.0. The second-order valence-corrected chi connectivity index (χ2v) is 9.75. The highest BCUT2D eigenvalue weighted by molar-refractivity contribution is 7.14. The quantitative estimate of drug-likeness (QED) is 0.492. The zero-order valence-corrected chi connectivity index (χ0v) is 18.0. The van der Waals surface area contributed by atoms with Crippen LogP contribution in [-0.4, -0.2) is 31.1 Å². The lowest BCUT2D eigenvalue weighted by molar-refractivity contribution is 0.278. The smallest absolute Gasteiger partial charge is 0.0576 e. The average Bonchev–Trinajstić information content (AvgIpc) is 3.49. The molecule has 2 nitrogen and oxygen atoms in total. The van der Waals surface area contributed by atoms with Gasteiger partial charge in [-0.25, -0.2) is 0 Å². The van der Waals surface area contributed by atoms with Crippen LogP contribution in [0.1, 0.15) is 31.4 Å². The molecule has 2 saturated heterocycles. The zero-order chi connectivity index (χ0) is 19.6. The molecule has 150 valence electrons. The van der Waals surface area contributed by atoms with Crippen LogP contribution in [0.15, 0.2) is 72.1 Å². The van der Waals surface area contributed by atoms with Gasteiger partial charge in [-0.15, -0.1) is 11.3 Å². The summed E-state index contributed by atoms with van der Waals surface area (Å²) in [6.07, 6.45) is 2.61. The number of anilines is 1. The summed E-state index contributed by atoms with van der Waals surface area (Å²) in [5.74, 6) is 1.59. The molecule has 0 spiro atoms. The van der Waals surface area contributed by atoms with Crippen LogP contribution in [0, 0.1) is 11.8 Å². The molecule has 5 rings (SSSR count). The minimum Gasteiger partial charge on any atom is -0.363 e. The lowest BCUT2D eigenvalue weighted by Gasteiger charge is -2.27. The Morgan fingerprint density at radius 3 is 2.41 bits per heavy atom. The summed E-state index contributed by atoms with van der Waals surface area (Å²) >= 11 is 1.87. The van der Waals surface area contributed by atoms with Gasteiger partial charge in [-0.3, -0.25) is 0 Å². The second-order valence-electron chi connectivity index (χ2n) is 8.83. The van der Waals surface area contributed by atoms with Crippen molar-refractivity contribution in [2.75, 3.05) is 31.1 Å². The Labute approximate surface area is 178 Å². The van der Waals surface area contributed by atoms with Gasteiger partial charge in [0.2, 0.25) is 0 Å². The van der Waals surface area contributed by atoms with Crippen LogP contribution in [0.2, 0.25) is 0 Å². The van der Waals surface area contributed by atoms with Crippen molar-refractivity contribution in [3.63, 3.8) is 0 Å². The average molecular weight is 403 g/mol. The Bertz CT molecular complexity index is 920. The van der Waals surface area contributed by atoms with Crippen molar-refractivity contribution in [3.05, 3.63) is 77.7 Å². The molecule has 2 aromatic carbocycles. The molecule has 0 N–H and O–H groups in total. The van der Waals surface area contributed by atoms with E-state index in [0.29, 0.717) is 6.04 Å². The van der Waals surface area contributed by atoms with Crippen molar-refractivity contribution in [1.82, 2.24) is 4.90 Å². The first-order valence-electron chi connectivity index (χ1n) is 10.9. The Kier molecular flexibility index (Phi) is 5.43. The van der Waals surface area contributed by atoms with Crippen LogP contribution in [0.4, 0.5) is 5.69 Å². The molecule has 0 amide bonds. The van der Waals surface area contributed by atoms with E-state index in [-0.39, 0.29) is 0 Å². The number of nitrogens with zero attached hydrogens (tertiary/aromatic N) is 2. The fourth-order valence-corrected chi connectivity index (χ4v) is 6.12. The van der Waals surface area contributed by atoms with E-state index < -0.39 is 0 Å². The minimum atomic E-state index is 0.471. The molecule has 3 atom stereocenters. The van der Waals surface area contributed by atoms with Crippen molar-refractivity contribution >= 4 is 17.0 Å². The summed E-state index contributed by atoms with van der Waals surface area (Å²) in [6.45, 7) is 7.35. The Morgan fingerprint density at radius 2 is 1.69 bits per heavy atom. The van der Waals surface area contributed by atoms with Gasteiger partial charge in [-0.2, -0.15) is 0 Å². The van der Waals surface area contributed by atoms with Gasteiger partial charge in [0, 0.05) is 19.6 Å². The first kappa shape index (κ1) is 18.9. The lowest BCUT2D eigenvalue weighted by atomic mass is 9.99. The SMILES string of the molecule is CC1CCN(CC2CC(c3ccccc3)N(c3ccsc3-c3ccccc3)C2)C1. The van der Waals surface area contributed by atoms with Gasteiger partial charge in [-0.05, 0) is 53.8 Å². The fraction of sp³-hybridized carbons (Fsp3) is 0.385. The number of hydrogen-bond donors (Lipinski definition) is 0. The predicted octanol–water partition coefficient (Wildman–Crippen LogP) is 6.32. The standard InChI is InChI=1S/C26H30N2S/c1-20-12-14-27(17-20)18-21-16-25(22-8-4-2-5-9-22)28(19-21)24-13-15-29-26(24)23-10-6-3-7-11-23/h2-11,13,15,20-21,25H,12,14,16-19H2,1H3. The van der Waals surface area contributed by atoms with Crippen molar-refractivity contribution in [2.24, 2.45) is 11.8 Å². The van der Waals surface area contributed by atoms with E-state index in [1.807, 2.05) is 11.3 Å². The van der Waals surface area contributed by atoms with Crippen molar-refractivity contribution in [1.29, 1.82) is 0 Å². The molecule has 3 aromatic rings. The van der Waals surface area contributed by atoms with E-state index in [2.05, 4.69) is 88.8 Å². The lowest BCUT2D eigenvalue weighted by Crippen LogP contribution is -2.29. The van der Waals surface area contributed by atoms with E-state index in [1.165, 1.54) is 54.2 Å². The molecule has 3 heteroatoms. The maximum absolute atomic E-state index is 2.70. The second kappa shape index (κ2) is 8.33. The van der Waals surface area contributed by atoms with E-state index in [0.717, 1.165) is 18.4 Å². The number of rotatable bonds is 5. The number of hydrogen-bond acceptors (Lipinski definition) is 3. The molecule has 0 saturated carbocycles. The van der Waals surface area contributed by atoms with Crippen LogP contribution in [0.25, 0.3) is 10.4 Å². The third-order valence-electron chi connectivity index (χ3n) is 6.59. The fourth-order valence-electron chi connectivity index (χ4n) is 5.20. The predicted molar refractivity (Wildman–Crippen MR) is 125 cm³/mol. The summed E-state index contributed by atoms with van der Waals surface area (Å²) in [5, 5.41) is 2.26. The Balaban J connectivity index is 1.44. The van der Waals surface area contributed by atoms with Crippen LogP contribution < -0.4 is 4.90 Å². The summed E-state index contributed by atoms with van der Waals surface area (Å²) < 4.78 is 0. The molecule has 3 unspecified atom stereocenters. The van der Waals surface area contributed by atoms with E-state index in [4.69, 9.17) is 0 Å². The Hall–Kier alpha value is -2.10. The van der Waals surface area contributed by atoms with Crippen molar-refractivity contribution < 1.29 is 0 Å². The topological polar surface area (TPSA) is 6.48 Å². The van der Waals surface area contributed by atoms with Gasteiger partial charge in [0.1, 0.15) is 0 Å². The minimum absolute atomic E-state index is 0.471. The number of benzene rings is 2. The molecular formula is C26H30N2S. The molecule has 2 aliphatic heterocycles. The van der Waals surface area contributed by atoms with E-state index in [9.17, 15) is 0 Å². The van der Waals surface area contributed by atoms with Gasteiger partial charge >= 0.3 is 0 Å². The van der Waals surface area contributed by atoms with Gasteiger partial charge in [0.25, 0.3) is 0 Å². The highest BCUT2D eigenvalue weighted by Gasteiger charge is 2.36. The van der Waals surface area contributed by atoms with Crippen LogP contribution >= 0.6 is 11.3 Å². The summed E-state index contributed by atoms with van der Waals surface area (Å²) in [4.78, 5) is 6.80. The van der Waals surface area contributed by atoms with Gasteiger partial charge < -0.3 is 9.80 Å². The van der Waals surface area contributed by atoms with Crippen molar-refractivity contribution in [3.8, 4) is 10.4 Å². The largest absolute Gasteiger partial charge is 0.363 e. The van der Waals surface area contributed by atoms with Crippen LogP contribution in [-0.2, 0) is 0 Å². The van der Waals surface area contributed by atoms with Gasteiger partial charge in [0.05, 0.1) is 16.6 Å². The first-order chi connectivity index (χ1) is 14.3. The third kappa shape index (κ3) is 3.99. The maximum atomic E-state index is 2.70. The zero-order valence-electron chi connectivity index (χ0n) is 17.2. The van der Waals surface area contributed by atoms with E-state index >= 15 is 0 Å².